The van der Waals surface area contributed by atoms with Gasteiger partial charge >= 0.3 is 0 Å². The molecule has 0 amide bonds. The molecule has 6 atom stereocenters. The van der Waals surface area contributed by atoms with E-state index in [1.54, 1.807) is 0 Å². The predicted molar refractivity (Wildman–Crippen MR) is 88.4 cm³/mol. The lowest BCUT2D eigenvalue weighted by atomic mass is 9.46. The van der Waals surface area contributed by atoms with Crippen LogP contribution in [0.15, 0.2) is 0 Å². The molecule has 3 saturated carbocycles. The molecule has 3 aliphatic carbocycles. The van der Waals surface area contributed by atoms with Crippen LogP contribution in [0.4, 0.5) is 0 Å². The minimum Gasteiger partial charge on any atom is -0.347 e. The Hall–Kier alpha value is -0.0800. The monoisotopic (exact) mass is 306 g/mol. The van der Waals surface area contributed by atoms with Gasteiger partial charge in [-0.25, -0.2) is 0 Å². The Labute approximate surface area is 136 Å². The average molecular weight is 306 g/mol. The summed E-state index contributed by atoms with van der Waals surface area (Å²) < 4.78 is 12.5. The van der Waals surface area contributed by atoms with Crippen LogP contribution >= 0.6 is 0 Å². The molecule has 4 aliphatic rings. The van der Waals surface area contributed by atoms with E-state index < -0.39 is 0 Å². The van der Waals surface area contributed by atoms with Crippen molar-refractivity contribution in [3.8, 4) is 0 Å². The molecule has 2 heteroatoms. The van der Waals surface area contributed by atoms with Crippen molar-refractivity contribution in [3.05, 3.63) is 0 Å². The second-order valence-electron chi connectivity index (χ2n) is 9.64. The molecule has 1 saturated heterocycles. The Morgan fingerprint density at radius 1 is 0.864 bits per heavy atom. The van der Waals surface area contributed by atoms with Gasteiger partial charge in [0.15, 0.2) is 5.79 Å². The summed E-state index contributed by atoms with van der Waals surface area (Å²) in [4.78, 5) is 0. The second kappa shape index (κ2) is 4.72. The molecule has 4 rings (SSSR count). The molecule has 1 spiro atoms. The molecule has 1 aliphatic heterocycles. The molecule has 4 fully saturated rings. The maximum Gasteiger partial charge on any atom is 0.174 e. The Bertz CT molecular complexity index is 451. The van der Waals surface area contributed by atoms with E-state index in [9.17, 15) is 0 Å². The smallest absolute Gasteiger partial charge is 0.174 e. The summed E-state index contributed by atoms with van der Waals surface area (Å²) in [6.07, 6.45) is 6.53. The van der Waals surface area contributed by atoms with Crippen LogP contribution in [0.25, 0.3) is 0 Å². The maximum absolute atomic E-state index is 6.23. The van der Waals surface area contributed by atoms with Gasteiger partial charge in [-0.05, 0) is 60.7 Å². The van der Waals surface area contributed by atoms with Gasteiger partial charge in [-0.1, -0.05) is 34.6 Å². The number of hydrogen-bond donors (Lipinski definition) is 0. The fraction of sp³-hybridized carbons (Fsp3) is 1.00. The van der Waals surface area contributed by atoms with E-state index in [0.717, 1.165) is 49.2 Å². The fourth-order valence-electron chi connectivity index (χ4n) is 7.13. The van der Waals surface area contributed by atoms with Gasteiger partial charge in [0.1, 0.15) is 0 Å². The van der Waals surface area contributed by atoms with Crippen molar-refractivity contribution in [1.82, 2.24) is 0 Å². The summed E-state index contributed by atoms with van der Waals surface area (Å²) >= 11 is 0. The van der Waals surface area contributed by atoms with E-state index in [-0.39, 0.29) is 11.2 Å². The van der Waals surface area contributed by atoms with Gasteiger partial charge in [-0.2, -0.15) is 0 Å². The van der Waals surface area contributed by atoms with Crippen molar-refractivity contribution in [3.63, 3.8) is 0 Å². The molecule has 1 heterocycles. The molecule has 0 aromatic carbocycles. The zero-order chi connectivity index (χ0) is 15.8. The fourth-order valence-corrected chi connectivity index (χ4v) is 7.13. The number of ether oxygens (including phenoxy) is 2. The van der Waals surface area contributed by atoms with Crippen molar-refractivity contribution in [2.75, 3.05) is 13.2 Å². The third kappa shape index (κ3) is 1.75. The highest BCUT2D eigenvalue weighted by Crippen LogP contribution is 2.68. The minimum absolute atomic E-state index is 0.237. The molecule has 2 nitrogen and oxygen atoms in total. The van der Waals surface area contributed by atoms with E-state index in [1.807, 2.05) is 0 Å². The highest BCUT2D eigenvalue weighted by molar-refractivity contribution is 5.11. The Morgan fingerprint density at radius 2 is 1.50 bits per heavy atom. The Morgan fingerprint density at radius 3 is 2.18 bits per heavy atom. The average Bonchev–Trinajstić information content (AvgIpc) is 3.05. The van der Waals surface area contributed by atoms with Crippen LogP contribution in [0, 0.1) is 40.4 Å². The topological polar surface area (TPSA) is 18.5 Å². The molecule has 126 valence electrons. The first-order chi connectivity index (χ1) is 10.3. The van der Waals surface area contributed by atoms with Crippen molar-refractivity contribution < 1.29 is 9.47 Å². The third-order valence-electron chi connectivity index (χ3n) is 8.86. The molecular weight excluding hydrogens is 272 g/mol. The summed E-state index contributed by atoms with van der Waals surface area (Å²) in [5.41, 5.74) is 0.734. The molecule has 0 radical (unpaired) electrons. The maximum atomic E-state index is 6.23. The lowest BCUT2D eigenvalue weighted by Gasteiger charge is -2.60. The van der Waals surface area contributed by atoms with E-state index in [1.165, 1.54) is 25.7 Å². The summed E-state index contributed by atoms with van der Waals surface area (Å²) in [5, 5.41) is 0. The first-order valence-corrected chi connectivity index (χ1v) is 9.60. The summed E-state index contributed by atoms with van der Waals surface area (Å²) in [7, 11) is 0. The predicted octanol–water partition coefficient (Wildman–Crippen LogP) is 4.87. The first kappa shape index (κ1) is 15.4. The third-order valence-corrected chi connectivity index (χ3v) is 8.86. The molecule has 22 heavy (non-hydrogen) atoms. The van der Waals surface area contributed by atoms with Gasteiger partial charge in [-0.15, -0.1) is 0 Å². The second-order valence-corrected chi connectivity index (χ2v) is 9.64. The van der Waals surface area contributed by atoms with Gasteiger partial charge in [0.2, 0.25) is 0 Å². The highest BCUT2D eigenvalue weighted by atomic mass is 16.7. The Balaban J connectivity index is 1.68. The van der Waals surface area contributed by atoms with E-state index >= 15 is 0 Å². The zero-order valence-electron chi connectivity index (χ0n) is 15.2. The van der Waals surface area contributed by atoms with Crippen LogP contribution in [0.5, 0.6) is 0 Å². The van der Waals surface area contributed by atoms with Gasteiger partial charge in [-0.3, -0.25) is 0 Å². The molecule has 0 bridgehead atoms. The largest absolute Gasteiger partial charge is 0.347 e. The van der Waals surface area contributed by atoms with Crippen molar-refractivity contribution in [2.24, 2.45) is 40.4 Å². The number of rotatable bonds is 0. The van der Waals surface area contributed by atoms with Gasteiger partial charge < -0.3 is 9.47 Å². The minimum atomic E-state index is -0.237. The molecule has 0 aromatic heterocycles. The Kier molecular flexibility index (Phi) is 3.32. The number of hydrogen-bond acceptors (Lipinski definition) is 2. The van der Waals surface area contributed by atoms with Crippen LogP contribution in [0.2, 0.25) is 0 Å². The molecule has 6 unspecified atom stereocenters. The van der Waals surface area contributed by atoms with Gasteiger partial charge in [0.25, 0.3) is 0 Å². The standard InChI is InChI=1S/C20H34O2/c1-13-12-15-16(18(3,4)14(13)2)6-8-19(5)17(15)7-9-20(19)21-10-11-22-20/h13-17H,6-12H2,1-5H3. The van der Waals surface area contributed by atoms with E-state index in [0.29, 0.717) is 5.41 Å². The van der Waals surface area contributed by atoms with Crippen LogP contribution < -0.4 is 0 Å². The summed E-state index contributed by atoms with van der Waals surface area (Å²) in [6, 6.07) is 0. The lowest BCUT2D eigenvalue weighted by Crippen LogP contribution is -2.56. The van der Waals surface area contributed by atoms with Crippen molar-refractivity contribution >= 4 is 0 Å². The molecule has 0 aromatic rings. The quantitative estimate of drug-likeness (QED) is 0.635. The summed E-state index contributed by atoms with van der Waals surface area (Å²) in [6.45, 7) is 14.2. The van der Waals surface area contributed by atoms with Crippen LogP contribution in [0.3, 0.4) is 0 Å². The lowest BCUT2D eigenvalue weighted by molar-refractivity contribution is -0.247. The first-order valence-electron chi connectivity index (χ1n) is 9.60. The zero-order valence-corrected chi connectivity index (χ0v) is 15.2. The van der Waals surface area contributed by atoms with E-state index in [2.05, 4.69) is 34.6 Å². The van der Waals surface area contributed by atoms with Crippen LogP contribution in [-0.2, 0) is 9.47 Å². The van der Waals surface area contributed by atoms with Crippen molar-refractivity contribution in [2.45, 2.75) is 72.5 Å². The summed E-state index contributed by atoms with van der Waals surface area (Å²) in [5.74, 6) is 4.03. The molecular formula is C20H34O2. The van der Waals surface area contributed by atoms with Gasteiger partial charge in [0.05, 0.1) is 13.2 Å². The SMILES string of the molecule is CC1CC2C(CCC3(C)C2CCC32OCCO2)C(C)(C)C1C. The van der Waals surface area contributed by atoms with Crippen LogP contribution in [0.1, 0.15) is 66.7 Å². The molecule has 0 N–H and O–H groups in total. The van der Waals surface area contributed by atoms with Crippen molar-refractivity contribution in [1.29, 1.82) is 0 Å². The normalized spacial score (nSPS) is 52.5. The van der Waals surface area contributed by atoms with E-state index in [4.69, 9.17) is 9.47 Å². The number of fused-ring (bicyclic) bond motifs is 4. The highest BCUT2D eigenvalue weighted by Gasteiger charge is 2.66. The van der Waals surface area contributed by atoms with Gasteiger partial charge in [0, 0.05) is 11.8 Å². The van der Waals surface area contributed by atoms with Crippen LogP contribution in [-0.4, -0.2) is 19.0 Å².